The lowest BCUT2D eigenvalue weighted by Gasteiger charge is -2.17. The quantitative estimate of drug-likeness (QED) is 0.866. The Morgan fingerprint density at radius 3 is 2.79 bits per heavy atom. The lowest BCUT2D eigenvalue weighted by molar-refractivity contribution is -0.123. The number of hydrogen-bond acceptors (Lipinski definition) is 2. The summed E-state index contributed by atoms with van der Waals surface area (Å²) in [7, 11) is 1.53. The molecule has 3 rings (SSSR count). The first-order valence-electron chi connectivity index (χ1n) is 7.89. The molecule has 1 aliphatic carbocycles. The largest absolute Gasteiger partial charge is 0.496 e. The predicted octanol–water partition coefficient (Wildman–Crippen LogP) is 4.47. The van der Waals surface area contributed by atoms with Crippen LogP contribution in [0.15, 0.2) is 42.5 Å². The predicted molar refractivity (Wildman–Crippen MR) is 91.8 cm³/mol. The van der Waals surface area contributed by atoms with Gasteiger partial charge in [-0.25, -0.2) is 4.39 Å². The molecule has 1 amide bonds. The molecule has 0 bridgehead atoms. The van der Waals surface area contributed by atoms with Crippen molar-refractivity contribution in [3.05, 3.63) is 64.4 Å². The van der Waals surface area contributed by atoms with Crippen LogP contribution in [0.3, 0.4) is 0 Å². The highest BCUT2D eigenvalue weighted by Crippen LogP contribution is 2.49. The molecule has 3 atom stereocenters. The van der Waals surface area contributed by atoms with E-state index in [1.165, 1.54) is 19.2 Å². The van der Waals surface area contributed by atoms with Gasteiger partial charge in [0.25, 0.3) is 0 Å². The highest BCUT2D eigenvalue weighted by atomic mass is 35.5. The van der Waals surface area contributed by atoms with Crippen LogP contribution in [0.5, 0.6) is 5.75 Å². The Morgan fingerprint density at radius 1 is 1.33 bits per heavy atom. The van der Waals surface area contributed by atoms with E-state index in [2.05, 4.69) is 5.32 Å². The van der Waals surface area contributed by atoms with Crippen LogP contribution in [-0.2, 0) is 4.79 Å². The second-order valence-electron chi connectivity index (χ2n) is 6.09. The fraction of sp³-hybridized carbons (Fsp3) is 0.316. The first kappa shape index (κ1) is 16.8. The molecule has 5 heteroatoms. The molecule has 1 aliphatic rings. The Balaban J connectivity index is 1.68. The van der Waals surface area contributed by atoms with Gasteiger partial charge in [-0.3, -0.25) is 4.79 Å². The molecule has 0 saturated heterocycles. The van der Waals surface area contributed by atoms with Crippen molar-refractivity contribution in [2.75, 3.05) is 7.11 Å². The van der Waals surface area contributed by atoms with Crippen molar-refractivity contribution in [1.82, 2.24) is 5.32 Å². The number of hydrogen-bond donors (Lipinski definition) is 1. The van der Waals surface area contributed by atoms with Gasteiger partial charge in [-0.1, -0.05) is 29.8 Å². The zero-order valence-electron chi connectivity index (χ0n) is 13.6. The normalized spacial score (nSPS) is 20.3. The van der Waals surface area contributed by atoms with Crippen molar-refractivity contribution >= 4 is 17.5 Å². The molecule has 0 aliphatic heterocycles. The molecule has 126 valence electrons. The Kier molecular flexibility index (Phi) is 4.76. The monoisotopic (exact) mass is 347 g/mol. The van der Waals surface area contributed by atoms with Crippen LogP contribution < -0.4 is 10.1 Å². The van der Waals surface area contributed by atoms with Gasteiger partial charge < -0.3 is 10.1 Å². The summed E-state index contributed by atoms with van der Waals surface area (Å²) < 4.78 is 18.7. The minimum Gasteiger partial charge on any atom is -0.496 e. The highest BCUT2D eigenvalue weighted by molar-refractivity contribution is 6.31. The van der Waals surface area contributed by atoms with E-state index < -0.39 is 0 Å². The summed E-state index contributed by atoms with van der Waals surface area (Å²) in [5.41, 5.74) is 1.64. The zero-order valence-corrected chi connectivity index (χ0v) is 14.3. The van der Waals surface area contributed by atoms with E-state index in [9.17, 15) is 9.18 Å². The van der Waals surface area contributed by atoms with Crippen molar-refractivity contribution in [3.8, 4) is 5.75 Å². The van der Waals surface area contributed by atoms with E-state index in [-0.39, 0.29) is 29.6 Å². The van der Waals surface area contributed by atoms with Gasteiger partial charge in [-0.05, 0) is 49.1 Å². The maximum atomic E-state index is 13.5. The summed E-state index contributed by atoms with van der Waals surface area (Å²) in [6, 6.07) is 11.6. The second kappa shape index (κ2) is 6.81. The number of carbonyl (C=O) groups excluding carboxylic acids is 1. The molecule has 3 unspecified atom stereocenters. The summed E-state index contributed by atoms with van der Waals surface area (Å²) >= 11 is 6.20. The van der Waals surface area contributed by atoms with Gasteiger partial charge in [-0.2, -0.15) is 0 Å². The molecular weight excluding hydrogens is 329 g/mol. The molecule has 3 nitrogen and oxygen atoms in total. The fourth-order valence-electron chi connectivity index (χ4n) is 3.05. The smallest absolute Gasteiger partial charge is 0.224 e. The molecule has 1 saturated carbocycles. The Morgan fingerprint density at radius 2 is 2.08 bits per heavy atom. The van der Waals surface area contributed by atoms with Crippen LogP contribution in [0.1, 0.15) is 36.4 Å². The van der Waals surface area contributed by atoms with E-state index in [0.29, 0.717) is 16.3 Å². The SMILES string of the molecule is COc1ccc(F)cc1C(C)NC(=O)C1CC1c1ccccc1Cl. The van der Waals surface area contributed by atoms with Crippen LogP contribution in [0.2, 0.25) is 5.02 Å². The molecule has 0 aromatic heterocycles. The summed E-state index contributed by atoms with van der Waals surface area (Å²) in [4.78, 5) is 12.5. The summed E-state index contributed by atoms with van der Waals surface area (Å²) in [5, 5.41) is 3.64. The maximum Gasteiger partial charge on any atom is 0.224 e. The number of nitrogens with one attached hydrogen (secondary N) is 1. The van der Waals surface area contributed by atoms with Gasteiger partial charge in [0.05, 0.1) is 13.2 Å². The van der Waals surface area contributed by atoms with Crippen LogP contribution in [0.25, 0.3) is 0 Å². The standard InChI is InChI=1S/C19H19ClFNO2/c1-11(14-9-12(21)7-8-18(14)24-2)22-19(23)16-10-15(16)13-5-3-4-6-17(13)20/h3-9,11,15-16H,10H2,1-2H3,(H,22,23). The highest BCUT2D eigenvalue weighted by Gasteiger charge is 2.45. The lowest BCUT2D eigenvalue weighted by atomic mass is 10.1. The molecular formula is C19H19ClFNO2. The van der Waals surface area contributed by atoms with Crippen molar-refractivity contribution in [1.29, 1.82) is 0 Å². The van der Waals surface area contributed by atoms with E-state index in [4.69, 9.17) is 16.3 Å². The number of amides is 1. The van der Waals surface area contributed by atoms with E-state index in [1.54, 1.807) is 6.07 Å². The van der Waals surface area contributed by atoms with Gasteiger partial charge in [-0.15, -0.1) is 0 Å². The molecule has 1 N–H and O–H groups in total. The summed E-state index contributed by atoms with van der Waals surface area (Å²) in [5.74, 6) is 0.223. The molecule has 0 heterocycles. The third-order valence-corrected chi connectivity index (χ3v) is 4.79. The van der Waals surface area contributed by atoms with Gasteiger partial charge in [0.2, 0.25) is 5.91 Å². The zero-order chi connectivity index (χ0) is 17.3. The topological polar surface area (TPSA) is 38.3 Å². The first-order valence-corrected chi connectivity index (χ1v) is 8.27. The molecule has 2 aromatic carbocycles. The van der Waals surface area contributed by atoms with Crippen LogP contribution in [0.4, 0.5) is 4.39 Å². The molecule has 2 aromatic rings. The minimum atomic E-state index is -0.354. The average molecular weight is 348 g/mol. The number of benzene rings is 2. The van der Waals surface area contributed by atoms with Crippen molar-refractivity contribution in [2.45, 2.75) is 25.3 Å². The van der Waals surface area contributed by atoms with Crippen molar-refractivity contribution in [2.24, 2.45) is 5.92 Å². The van der Waals surface area contributed by atoms with E-state index in [0.717, 1.165) is 12.0 Å². The Labute approximate surface area is 145 Å². The van der Waals surface area contributed by atoms with E-state index >= 15 is 0 Å². The number of rotatable bonds is 5. The average Bonchev–Trinajstić information content (AvgIpc) is 3.35. The van der Waals surface area contributed by atoms with Crippen molar-refractivity contribution < 1.29 is 13.9 Å². The minimum absolute atomic E-state index is 0.0428. The molecule has 1 fully saturated rings. The summed E-state index contributed by atoms with van der Waals surface area (Å²) in [6.45, 7) is 1.82. The number of ether oxygens (including phenoxy) is 1. The van der Waals surface area contributed by atoms with Gasteiger partial charge >= 0.3 is 0 Å². The van der Waals surface area contributed by atoms with Crippen LogP contribution in [-0.4, -0.2) is 13.0 Å². The third kappa shape index (κ3) is 3.39. The maximum absolute atomic E-state index is 13.5. The van der Waals surface area contributed by atoms with Crippen LogP contribution >= 0.6 is 11.6 Å². The van der Waals surface area contributed by atoms with Gasteiger partial charge in [0.15, 0.2) is 0 Å². The Bertz CT molecular complexity index is 765. The fourth-order valence-corrected chi connectivity index (χ4v) is 3.32. The van der Waals surface area contributed by atoms with Gasteiger partial charge in [0.1, 0.15) is 11.6 Å². The lowest BCUT2D eigenvalue weighted by Crippen LogP contribution is -2.28. The second-order valence-corrected chi connectivity index (χ2v) is 6.49. The molecule has 0 radical (unpaired) electrons. The van der Waals surface area contributed by atoms with Crippen LogP contribution in [0, 0.1) is 11.7 Å². The van der Waals surface area contributed by atoms with Gasteiger partial charge in [0, 0.05) is 16.5 Å². The summed E-state index contributed by atoms with van der Waals surface area (Å²) in [6.07, 6.45) is 0.780. The third-order valence-electron chi connectivity index (χ3n) is 4.45. The number of halogens is 2. The van der Waals surface area contributed by atoms with Crippen molar-refractivity contribution in [3.63, 3.8) is 0 Å². The number of carbonyl (C=O) groups is 1. The van der Waals surface area contributed by atoms with E-state index in [1.807, 2.05) is 31.2 Å². The Hall–Kier alpha value is -2.07. The molecule has 24 heavy (non-hydrogen) atoms. The number of methoxy groups -OCH3 is 1. The molecule has 0 spiro atoms. The first-order chi connectivity index (χ1) is 11.5.